The highest BCUT2D eigenvalue weighted by atomic mass is 35.5. The third kappa shape index (κ3) is 6.56. The van der Waals surface area contributed by atoms with Crippen LogP contribution in [0.25, 0.3) is 0 Å². The Morgan fingerprint density at radius 1 is 0.514 bits per heavy atom. The maximum absolute atomic E-state index is 12.4. The number of nitrogens with one attached hydrogen (secondary N) is 2. The Labute approximate surface area is 222 Å². The lowest BCUT2D eigenvalue weighted by molar-refractivity contribution is 0.101. The molecule has 0 fully saturated rings. The van der Waals surface area contributed by atoms with Crippen LogP contribution < -0.4 is 10.6 Å². The topological polar surface area (TPSA) is 58.2 Å². The van der Waals surface area contributed by atoms with Gasteiger partial charge in [0, 0.05) is 22.5 Å². The first-order valence-electron chi connectivity index (χ1n) is 10.5. The van der Waals surface area contributed by atoms with Gasteiger partial charge in [0.05, 0.1) is 20.1 Å². The molecule has 0 unspecified atom stereocenters. The quantitative estimate of drug-likeness (QED) is 0.256. The molecule has 0 atom stereocenters. The molecule has 2 N–H and O–H groups in total. The summed E-state index contributed by atoms with van der Waals surface area (Å²) in [5, 5.41) is 7.14. The summed E-state index contributed by atoms with van der Waals surface area (Å²) in [7, 11) is 0. The van der Waals surface area contributed by atoms with Gasteiger partial charge in [0.2, 0.25) is 0 Å². The van der Waals surface area contributed by atoms with Crippen molar-refractivity contribution in [1.29, 1.82) is 0 Å². The fourth-order valence-corrected chi connectivity index (χ4v) is 3.93. The molecule has 8 heteroatoms. The molecule has 2 amide bonds. The first-order chi connectivity index (χ1) is 16.8. The van der Waals surface area contributed by atoms with Crippen molar-refractivity contribution in [2.24, 2.45) is 0 Å². The number of benzene rings is 4. The van der Waals surface area contributed by atoms with E-state index in [4.69, 9.17) is 46.4 Å². The van der Waals surface area contributed by atoms with Crippen molar-refractivity contribution < 1.29 is 9.59 Å². The van der Waals surface area contributed by atoms with Crippen molar-refractivity contribution in [2.45, 2.75) is 6.42 Å². The molecular formula is C27H18Cl4N2O2. The van der Waals surface area contributed by atoms with Crippen LogP contribution in [0.4, 0.5) is 11.4 Å². The minimum Gasteiger partial charge on any atom is -0.322 e. The standard InChI is InChI=1S/C27H18Cl4N2O2/c28-22-11-5-18(14-24(22)30)26(34)32-20-7-1-16(2-8-20)13-17-3-9-21(10-4-17)33-27(35)19-6-12-23(29)25(31)15-19/h1-12,14-15H,13H2,(H,32,34)(H,33,35). The van der Waals surface area contributed by atoms with Gasteiger partial charge in [-0.3, -0.25) is 9.59 Å². The van der Waals surface area contributed by atoms with Crippen molar-refractivity contribution >= 4 is 69.6 Å². The lowest BCUT2D eigenvalue weighted by Crippen LogP contribution is -2.12. The third-order valence-corrected chi connectivity index (χ3v) is 6.67. The average molecular weight is 544 g/mol. The fraction of sp³-hybridized carbons (Fsp3) is 0.0370. The van der Waals surface area contributed by atoms with Gasteiger partial charge < -0.3 is 10.6 Å². The summed E-state index contributed by atoms with van der Waals surface area (Å²) >= 11 is 23.8. The monoisotopic (exact) mass is 542 g/mol. The van der Waals surface area contributed by atoms with Crippen molar-refractivity contribution in [2.75, 3.05) is 10.6 Å². The lowest BCUT2D eigenvalue weighted by atomic mass is 10.0. The number of halogens is 4. The van der Waals surface area contributed by atoms with Gasteiger partial charge >= 0.3 is 0 Å². The van der Waals surface area contributed by atoms with Crippen molar-refractivity contribution in [3.63, 3.8) is 0 Å². The predicted octanol–water partition coefficient (Wildman–Crippen LogP) is 8.40. The van der Waals surface area contributed by atoms with Gasteiger partial charge in [0.25, 0.3) is 11.8 Å². The smallest absolute Gasteiger partial charge is 0.255 e. The van der Waals surface area contributed by atoms with E-state index in [9.17, 15) is 9.59 Å². The Kier molecular flexibility index (Phi) is 7.99. The molecule has 35 heavy (non-hydrogen) atoms. The summed E-state index contributed by atoms with van der Waals surface area (Å²) in [6, 6.07) is 24.7. The Balaban J connectivity index is 1.34. The lowest BCUT2D eigenvalue weighted by Gasteiger charge is -2.09. The molecule has 0 bridgehead atoms. The van der Waals surface area contributed by atoms with Crippen molar-refractivity contribution in [3.05, 3.63) is 127 Å². The second-order valence-corrected chi connectivity index (χ2v) is 9.37. The molecule has 0 radical (unpaired) electrons. The zero-order valence-corrected chi connectivity index (χ0v) is 21.1. The molecule has 0 saturated carbocycles. The van der Waals surface area contributed by atoms with Gasteiger partial charge in [0.15, 0.2) is 0 Å². The Hall–Kier alpha value is -3.02. The van der Waals surface area contributed by atoms with Gasteiger partial charge in [-0.25, -0.2) is 0 Å². The van der Waals surface area contributed by atoms with Crippen molar-refractivity contribution in [1.82, 2.24) is 0 Å². The van der Waals surface area contributed by atoms with Crippen LogP contribution in [0.5, 0.6) is 0 Å². The maximum Gasteiger partial charge on any atom is 0.255 e. The Morgan fingerprint density at radius 2 is 0.886 bits per heavy atom. The van der Waals surface area contributed by atoms with E-state index in [1.54, 1.807) is 24.3 Å². The van der Waals surface area contributed by atoms with Crippen LogP contribution in [0.15, 0.2) is 84.9 Å². The van der Waals surface area contributed by atoms with Gasteiger partial charge in [0.1, 0.15) is 0 Å². The third-order valence-electron chi connectivity index (χ3n) is 5.20. The highest BCUT2D eigenvalue weighted by molar-refractivity contribution is 6.42. The normalized spacial score (nSPS) is 10.6. The summed E-state index contributed by atoms with van der Waals surface area (Å²) < 4.78 is 0. The molecule has 4 nitrogen and oxygen atoms in total. The molecule has 0 aliphatic heterocycles. The van der Waals surface area contributed by atoms with E-state index < -0.39 is 0 Å². The van der Waals surface area contributed by atoms with E-state index in [-0.39, 0.29) is 11.8 Å². The van der Waals surface area contributed by atoms with E-state index in [0.717, 1.165) is 11.1 Å². The molecule has 4 aromatic carbocycles. The highest BCUT2D eigenvalue weighted by Crippen LogP contribution is 2.24. The molecular weight excluding hydrogens is 526 g/mol. The molecule has 176 valence electrons. The Morgan fingerprint density at radius 3 is 1.23 bits per heavy atom. The zero-order chi connectivity index (χ0) is 24.9. The number of amides is 2. The summed E-state index contributed by atoms with van der Waals surface area (Å²) in [6.07, 6.45) is 0.696. The second kappa shape index (κ2) is 11.1. The molecule has 4 aromatic rings. The maximum atomic E-state index is 12.4. The van der Waals surface area contributed by atoms with Gasteiger partial charge in [-0.2, -0.15) is 0 Å². The summed E-state index contributed by atoms with van der Waals surface area (Å²) in [5.41, 5.74) is 4.34. The van der Waals surface area contributed by atoms with Crippen LogP contribution in [0, 0.1) is 0 Å². The first-order valence-corrected chi connectivity index (χ1v) is 12.0. The van der Waals surface area contributed by atoms with Crippen molar-refractivity contribution in [3.8, 4) is 0 Å². The summed E-state index contributed by atoms with van der Waals surface area (Å²) in [6.45, 7) is 0. The highest BCUT2D eigenvalue weighted by Gasteiger charge is 2.10. The first kappa shape index (κ1) is 25.1. The predicted molar refractivity (Wildman–Crippen MR) is 145 cm³/mol. The Bertz CT molecular complexity index is 1280. The van der Waals surface area contributed by atoms with E-state index in [1.807, 2.05) is 48.5 Å². The van der Waals surface area contributed by atoms with E-state index in [0.29, 0.717) is 49.0 Å². The minimum atomic E-state index is -0.269. The minimum absolute atomic E-state index is 0.269. The van der Waals surface area contributed by atoms with Gasteiger partial charge in [-0.15, -0.1) is 0 Å². The van der Waals surface area contributed by atoms with Crippen LogP contribution in [0.1, 0.15) is 31.8 Å². The van der Waals surface area contributed by atoms with Crippen LogP contribution in [0.2, 0.25) is 20.1 Å². The zero-order valence-electron chi connectivity index (χ0n) is 18.1. The summed E-state index contributed by atoms with van der Waals surface area (Å²) in [5.74, 6) is -0.537. The number of hydrogen-bond donors (Lipinski definition) is 2. The average Bonchev–Trinajstić information content (AvgIpc) is 2.85. The number of rotatable bonds is 6. The van der Waals surface area contributed by atoms with E-state index in [2.05, 4.69) is 10.6 Å². The number of carbonyl (C=O) groups excluding carboxylic acids is 2. The molecule has 0 spiro atoms. The van der Waals surface area contributed by atoms with E-state index >= 15 is 0 Å². The molecule has 0 saturated heterocycles. The molecule has 0 aromatic heterocycles. The van der Waals surface area contributed by atoms with Gasteiger partial charge in [-0.1, -0.05) is 70.7 Å². The largest absolute Gasteiger partial charge is 0.322 e. The second-order valence-electron chi connectivity index (χ2n) is 7.74. The van der Waals surface area contributed by atoms with Gasteiger partial charge in [-0.05, 0) is 78.2 Å². The molecule has 4 rings (SSSR count). The number of carbonyl (C=O) groups is 2. The summed E-state index contributed by atoms with van der Waals surface area (Å²) in [4.78, 5) is 24.9. The number of hydrogen-bond acceptors (Lipinski definition) is 2. The molecule has 0 aliphatic rings. The van der Waals surface area contributed by atoms with Crippen LogP contribution >= 0.6 is 46.4 Å². The fourth-order valence-electron chi connectivity index (χ4n) is 3.33. The van der Waals surface area contributed by atoms with E-state index in [1.165, 1.54) is 12.1 Å². The molecule has 0 heterocycles. The SMILES string of the molecule is O=C(Nc1ccc(Cc2ccc(NC(=O)c3ccc(Cl)c(Cl)c3)cc2)cc1)c1ccc(Cl)c(Cl)c1. The molecule has 0 aliphatic carbocycles. The van der Waals surface area contributed by atoms with Crippen LogP contribution in [-0.2, 0) is 6.42 Å². The van der Waals surface area contributed by atoms with Crippen LogP contribution in [-0.4, -0.2) is 11.8 Å². The number of anilines is 2. The van der Waals surface area contributed by atoms with Crippen LogP contribution in [0.3, 0.4) is 0 Å².